The largest absolute Gasteiger partial charge is 0.493 e. The van der Waals surface area contributed by atoms with Gasteiger partial charge >= 0.3 is 0 Å². The second kappa shape index (κ2) is 9.57. The van der Waals surface area contributed by atoms with Gasteiger partial charge in [0.25, 0.3) is 0 Å². The highest BCUT2D eigenvalue weighted by Gasteiger charge is 2.29. The van der Waals surface area contributed by atoms with Gasteiger partial charge in [-0.05, 0) is 66.1 Å². The normalized spacial score (nSPS) is 20.4. The van der Waals surface area contributed by atoms with Gasteiger partial charge < -0.3 is 20.1 Å². The van der Waals surface area contributed by atoms with Crippen molar-refractivity contribution in [3.63, 3.8) is 0 Å². The Balaban J connectivity index is 2.06. The zero-order valence-corrected chi connectivity index (χ0v) is 17.8. The minimum Gasteiger partial charge on any atom is -0.493 e. The van der Waals surface area contributed by atoms with Crippen molar-refractivity contribution in [1.29, 1.82) is 0 Å². The van der Waals surface area contributed by atoms with E-state index in [1.54, 1.807) is 14.2 Å². The molecule has 1 aromatic carbocycles. The molecule has 1 heterocycles. The van der Waals surface area contributed by atoms with Crippen LogP contribution in [0.25, 0.3) is 0 Å². The van der Waals surface area contributed by atoms with E-state index in [9.17, 15) is 0 Å². The van der Waals surface area contributed by atoms with Crippen molar-refractivity contribution >= 4 is 33.7 Å². The van der Waals surface area contributed by atoms with Gasteiger partial charge in [-0.25, -0.2) is 4.99 Å². The first kappa shape index (κ1) is 20.2. The number of benzene rings is 1. The third-order valence-corrected chi connectivity index (χ3v) is 6.31. The fraction of sp³-hybridized carbons (Fsp3) is 0.611. The predicted molar refractivity (Wildman–Crippen MR) is 110 cm³/mol. The summed E-state index contributed by atoms with van der Waals surface area (Å²) in [5.74, 6) is 3.51. The molecule has 1 atom stereocenters. The van der Waals surface area contributed by atoms with Crippen LogP contribution in [0.5, 0.6) is 11.5 Å². The van der Waals surface area contributed by atoms with Crippen LogP contribution in [-0.4, -0.2) is 43.8 Å². The molecular weight excluding hydrogens is 402 g/mol. The number of nitrogens with one attached hydrogen (secondary N) is 2. The van der Waals surface area contributed by atoms with Crippen LogP contribution in [0.4, 0.5) is 0 Å². The van der Waals surface area contributed by atoms with E-state index in [1.807, 2.05) is 23.9 Å². The quantitative estimate of drug-likeness (QED) is 0.509. The molecule has 0 aliphatic carbocycles. The van der Waals surface area contributed by atoms with Gasteiger partial charge in [0.1, 0.15) is 0 Å². The first-order valence-electron chi connectivity index (χ1n) is 8.58. The molecule has 1 fully saturated rings. The minimum atomic E-state index is 0.308. The summed E-state index contributed by atoms with van der Waals surface area (Å²) >= 11 is 5.58. The highest BCUT2D eigenvalue weighted by molar-refractivity contribution is 9.10. The number of aliphatic imine (C=N–C) groups is 1. The number of ether oxygens (including phenoxy) is 2. The van der Waals surface area contributed by atoms with Crippen molar-refractivity contribution in [3.8, 4) is 11.5 Å². The van der Waals surface area contributed by atoms with E-state index < -0.39 is 0 Å². The molecule has 1 saturated heterocycles. The Hall–Kier alpha value is -1.08. The van der Waals surface area contributed by atoms with E-state index >= 15 is 0 Å². The van der Waals surface area contributed by atoms with Crippen molar-refractivity contribution < 1.29 is 9.47 Å². The number of rotatable bonds is 7. The molecule has 0 aromatic heterocycles. The zero-order valence-electron chi connectivity index (χ0n) is 15.4. The Morgan fingerprint density at radius 3 is 2.72 bits per heavy atom. The molecule has 0 radical (unpaired) electrons. The lowest BCUT2D eigenvalue weighted by Gasteiger charge is -2.24. The molecule has 1 aliphatic rings. The molecule has 1 aromatic rings. The van der Waals surface area contributed by atoms with Crippen LogP contribution in [0, 0.1) is 0 Å². The molecule has 2 N–H and O–H groups in total. The fourth-order valence-electron chi connectivity index (χ4n) is 2.82. The molecule has 1 aliphatic heterocycles. The molecule has 0 amide bonds. The van der Waals surface area contributed by atoms with Crippen molar-refractivity contribution in [1.82, 2.24) is 10.6 Å². The number of methoxy groups -OCH3 is 2. The number of guanidine groups is 1. The van der Waals surface area contributed by atoms with Crippen molar-refractivity contribution in [2.24, 2.45) is 4.99 Å². The third-order valence-electron chi connectivity index (χ3n) is 4.19. The molecule has 2 rings (SSSR count). The second-order valence-electron chi connectivity index (χ2n) is 6.26. The van der Waals surface area contributed by atoms with E-state index in [2.05, 4.69) is 40.4 Å². The fourth-order valence-corrected chi connectivity index (χ4v) is 4.72. The van der Waals surface area contributed by atoms with Gasteiger partial charge in [0.05, 0.1) is 25.2 Å². The Morgan fingerprint density at radius 1 is 1.32 bits per heavy atom. The van der Waals surface area contributed by atoms with Gasteiger partial charge in [0.15, 0.2) is 17.5 Å². The van der Waals surface area contributed by atoms with Gasteiger partial charge in [-0.1, -0.05) is 0 Å². The summed E-state index contributed by atoms with van der Waals surface area (Å²) in [4.78, 5) is 4.72. The standard InChI is InChI=1S/C18H28BrN3O2S/c1-5-20-17(22-12-18(2)7-6-8-25-18)21-11-13-9-14(19)16(24-4)15(10-13)23-3/h9-10H,5-8,11-12H2,1-4H3,(H2,20,21,22). The highest BCUT2D eigenvalue weighted by atomic mass is 79.9. The number of hydrogen-bond acceptors (Lipinski definition) is 4. The SMILES string of the molecule is CCNC(=NCc1cc(Br)c(OC)c(OC)c1)NCC1(C)CCCS1. The number of halogens is 1. The maximum absolute atomic E-state index is 5.40. The number of hydrogen-bond donors (Lipinski definition) is 2. The maximum atomic E-state index is 5.40. The Labute approximate surface area is 163 Å². The van der Waals surface area contributed by atoms with Crippen LogP contribution in [0.15, 0.2) is 21.6 Å². The van der Waals surface area contributed by atoms with Crippen molar-refractivity contribution in [2.45, 2.75) is 38.0 Å². The lowest BCUT2D eigenvalue weighted by atomic mass is 10.1. The predicted octanol–water partition coefficient (Wildman–Crippen LogP) is 3.81. The molecule has 140 valence electrons. The van der Waals surface area contributed by atoms with Crippen LogP contribution in [0.2, 0.25) is 0 Å². The Kier molecular flexibility index (Phi) is 7.75. The third kappa shape index (κ3) is 5.71. The summed E-state index contributed by atoms with van der Waals surface area (Å²) in [5, 5.41) is 6.81. The van der Waals surface area contributed by atoms with Crippen molar-refractivity contribution in [2.75, 3.05) is 33.1 Å². The molecule has 0 bridgehead atoms. The topological polar surface area (TPSA) is 54.9 Å². The molecule has 25 heavy (non-hydrogen) atoms. The van der Waals surface area contributed by atoms with Gasteiger partial charge in [-0.2, -0.15) is 11.8 Å². The highest BCUT2D eigenvalue weighted by Crippen LogP contribution is 2.37. The first-order valence-corrected chi connectivity index (χ1v) is 10.4. The van der Waals surface area contributed by atoms with E-state index in [1.165, 1.54) is 18.6 Å². The number of thioether (sulfide) groups is 1. The summed E-state index contributed by atoms with van der Waals surface area (Å²) in [6.45, 7) is 6.74. The van der Waals surface area contributed by atoms with Gasteiger partial charge in [0, 0.05) is 17.8 Å². The molecule has 1 unspecified atom stereocenters. The minimum absolute atomic E-state index is 0.308. The van der Waals surface area contributed by atoms with Crippen LogP contribution < -0.4 is 20.1 Å². The van der Waals surface area contributed by atoms with Gasteiger partial charge in [-0.3, -0.25) is 0 Å². The molecule has 0 spiro atoms. The van der Waals surface area contributed by atoms with E-state index in [0.29, 0.717) is 22.8 Å². The number of nitrogens with zero attached hydrogens (tertiary/aromatic N) is 1. The molecule has 0 saturated carbocycles. The average molecular weight is 430 g/mol. The summed E-state index contributed by atoms with van der Waals surface area (Å²) in [7, 11) is 3.28. The lowest BCUT2D eigenvalue weighted by Crippen LogP contribution is -2.43. The monoisotopic (exact) mass is 429 g/mol. The lowest BCUT2D eigenvalue weighted by molar-refractivity contribution is 0.352. The summed E-state index contributed by atoms with van der Waals surface area (Å²) in [6.07, 6.45) is 2.56. The van der Waals surface area contributed by atoms with E-state index in [-0.39, 0.29) is 0 Å². The molecular formula is C18H28BrN3O2S. The van der Waals surface area contributed by atoms with Gasteiger partial charge in [-0.15, -0.1) is 0 Å². The molecule has 7 heteroatoms. The van der Waals surface area contributed by atoms with E-state index in [0.717, 1.165) is 29.1 Å². The summed E-state index contributed by atoms with van der Waals surface area (Å²) in [5.41, 5.74) is 1.06. The average Bonchev–Trinajstić information content (AvgIpc) is 3.03. The molecule has 5 nitrogen and oxygen atoms in total. The van der Waals surface area contributed by atoms with Gasteiger partial charge in [0.2, 0.25) is 0 Å². The summed E-state index contributed by atoms with van der Waals surface area (Å²) in [6, 6.07) is 3.98. The Morgan fingerprint density at radius 2 is 2.12 bits per heavy atom. The van der Waals surface area contributed by atoms with E-state index in [4.69, 9.17) is 14.5 Å². The van der Waals surface area contributed by atoms with Crippen LogP contribution >= 0.6 is 27.7 Å². The summed E-state index contributed by atoms with van der Waals surface area (Å²) < 4.78 is 11.9. The van der Waals surface area contributed by atoms with Crippen LogP contribution in [0.1, 0.15) is 32.3 Å². The van der Waals surface area contributed by atoms with Crippen LogP contribution in [-0.2, 0) is 6.54 Å². The van der Waals surface area contributed by atoms with Crippen molar-refractivity contribution in [3.05, 3.63) is 22.2 Å². The Bertz CT molecular complexity index is 604. The smallest absolute Gasteiger partial charge is 0.191 e. The zero-order chi connectivity index (χ0) is 18.3. The second-order valence-corrected chi connectivity index (χ2v) is 8.80. The maximum Gasteiger partial charge on any atom is 0.191 e. The van der Waals surface area contributed by atoms with Crippen LogP contribution in [0.3, 0.4) is 0 Å². The first-order chi connectivity index (χ1) is 12.0.